The summed E-state index contributed by atoms with van der Waals surface area (Å²) in [5.74, 6) is 0.423. The van der Waals surface area contributed by atoms with E-state index in [-0.39, 0.29) is 17.2 Å². The van der Waals surface area contributed by atoms with Crippen LogP contribution in [0.15, 0.2) is 62.6 Å². The number of nitrogens with zero attached hydrogens (tertiary/aromatic N) is 2. The molecule has 0 fully saturated rings. The van der Waals surface area contributed by atoms with Gasteiger partial charge in [0.05, 0.1) is 11.3 Å². The highest BCUT2D eigenvalue weighted by molar-refractivity contribution is 9.10. The maximum absolute atomic E-state index is 12.7. The molecule has 2 atom stereocenters. The van der Waals surface area contributed by atoms with Crippen LogP contribution in [0.5, 0.6) is 0 Å². The van der Waals surface area contributed by atoms with Crippen molar-refractivity contribution in [1.82, 2.24) is 15.5 Å². The van der Waals surface area contributed by atoms with Gasteiger partial charge in [0, 0.05) is 10.0 Å². The Labute approximate surface area is 176 Å². The van der Waals surface area contributed by atoms with E-state index < -0.39 is 0 Å². The van der Waals surface area contributed by atoms with Crippen molar-refractivity contribution in [2.24, 2.45) is 0 Å². The highest BCUT2D eigenvalue weighted by atomic mass is 79.9. The smallest absolute Gasteiger partial charge is 0.277 e. The summed E-state index contributed by atoms with van der Waals surface area (Å²) < 4.78 is 6.67. The van der Waals surface area contributed by atoms with Crippen molar-refractivity contribution < 1.29 is 9.21 Å². The van der Waals surface area contributed by atoms with Crippen molar-refractivity contribution in [2.45, 2.75) is 42.7 Å². The molecule has 5 nitrogen and oxygen atoms in total. The fraction of sp³-hybridized carbons (Fsp3) is 0.286. The number of hydrogen-bond acceptors (Lipinski definition) is 5. The van der Waals surface area contributed by atoms with Gasteiger partial charge >= 0.3 is 0 Å². The molecule has 7 heteroatoms. The van der Waals surface area contributed by atoms with E-state index in [9.17, 15) is 4.79 Å². The lowest BCUT2D eigenvalue weighted by Crippen LogP contribution is -2.35. The molecule has 144 valence electrons. The number of thioether (sulfide) groups is 1. The van der Waals surface area contributed by atoms with Crippen LogP contribution >= 0.6 is 27.7 Å². The molecular formula is C21H20BrN3O2S. The minimum atomic E-state index is -0.329. The first-order valence-electron chi connectivity index (χ1n) is 9.24. The zero-order valence-corrected chi connectivity index (χ0v) is 17.8. The molecule has 1 N–H and O–H groups in total. The maximum atomic E-state index is 12.7. The summed E-state index contributed by atoms with van der Waals surface area (Å²) in [6.45, 7) is 1.86. The van der Waals surface area contributed by atoms with Crippen molar-refractivity contribution >= 4 is 33.6 Å². The van der Waals surface area contributed by atoms with E-state index in [4.69, 9.17) is 4.42 Å². The minimum Gasteiger partial charge on any atom is -0.411 e. The average molecular weight is 458 g/mol. The first-order valence-corrected chi connectivity index (χ1v) is 10.9. The Bertz CT molecular complexity index is 991. The monoisotopic (exact) mass is 457 g/mol. The van der Waals surface area contributed by atoms with Crippen LogP contribution in [-0.4, -0.2) is 21.4 Å². The number of rotatable bonds is 5. The number of aromatic nitrogens is 2. The molecule has 1 heterocycles. The number of halogens is 1. The number of benzene rings is 2. The molecule has 0 unspecified atom stereocenters. The first kappa shape index (κ1) is 19.2. The average Bonchev–Trinajstić information content (AvgIpc) is 3.17. The van der Waals surface area contributed by atoms with Crippen LogP contribution in [0.3, 0.4) is 0 Å². The lowest BCUT2D eigenvalue weighted by molar-refractivity contribution is -0.121. The van der Waals surface area contributed by atoms with Gasteiger partial charge in [0.15, 0.2) is 0 Å². The molecule has 0 bridgehead atoms. The van der Waals surface area contributed by atoms with Gasteiger partial charge in [0.1, 0.15) is 0 Å². The fourth-order valence-corrected chi connectivity index (χ4v) is 4.49. The molecule has 0 saturated carbocycles. The molecule has 0 spiro atoms. The van der Waals surface area contributed by atoms with E-state index in [1.54, 1.807) is 0 Å². The molecule has 1 aliphatic carbocycles. The van der Waals surface area contributed by atoms with E-state index in [2.05, 4.69) is 49.6 Å². The number of aryl methyl sites for hydroxylation is 1. The lowest BCUT2D eigenvalue weighted by atomic mass is 9.88. The topological polar surface area (TPSA) is 68.0 Å². The van der Waals surface area contributed by atoms with Crippen LogP contribution in [0.2, 0.25) is 0 Å². The van der Waals surface area contributed by atoms with Gasteiger partial charge in [-0.3, -0.25) is 4.79 Å². The molecule has 0 saturated heterocycles. The summed E-state index contributed by atoms with van der Waals surface area (Å²) in [4.78, 5) is 12.7. The van der Waals surface area contributed by atoms with Crippen LogP contribution in [0.4, 0.5) is 0 Å². The van der Waals surface area contributed by atoms with Crippen molar-refractivity contribution in [3.63, 3.8) is 0 Å². The molecule has 0 aliphatic heterocycles. The van der Waals surface area contributed by atoms with Gasteiger partial charge in [-0.2, -0.15) is 0 Å². The lowest BCUT2D eigenvalue weighted by Gasteiger charge is -2.27. The third kappa shape index (κ3) is 4.31. The normalized spacial score (nSPS) is 17.0. The van der Waals surface area contributed by atoms with Crippen molar-refractivity contribution in [2.75, 3.05) is 0 Å². The predicted molar refractivity (Wildman–Crippen MR) is 113 cm³/mol. The van der Waals surface area contributed by atoms with E-state index in [0.29, 0.717) is 11.1 Å². The number of nitrogens with one attached hydrogen (secondary N) is 1. The highest BCUT2D eigenvalue weighted by Gasteiger charge is 2.25. The molecule has 1 amide bonds. The molecule has 0 radical (unpaired) electrons. The Morgan fingerprint density at radius 3 is 2.96 bits per heavy atom. The summed E-state index contributed by atoms with van der Waals surface area (Å²) in [5, 5.41) is 11.4. The van der Waals surface area contributed by atoms with Gasteiger partial charge in [-0.15, -0.1) is 10.2 Å². The Balaban J connectivity index is 1.40. The Morgan fingerprint density at radius 1 is 1.25 bits per heavy atom. The summed E-state index contributed by atoms with van der Waals surface area (Å²) in [6.07, 6.45) is 3.13. The second-order valence-electron chi connectivity index (χ2n) is 6.80. The molecular weight excluding hydrogens is 438 g/mol. The summed E-state index contributed by atoms with van der Waals surface area (Å²) in [5.41, 5.74) is 3.40. The van der Waals surface area contributed by atoms with Crippen LogP contribution < -0.4 is 5.32 Å². The maximum Gasteiger partial charge on any atom is 0.277 e. The number of carbonyl (C=O) groups excluding carboxylic acids is 1. The third-order valence-electron chi connectivity index (χ3n) is 4.81. The molecule has 1 aliphatic rings. The quantitative estimate of drug-likeness (QED) is 0.534. The summed E-state index contributed by atoms with van der Waals surface area (Å²) in [6, 6.07) is 16.1. The van der Waals surface area contributed by atoms with Crippen molar-refractivity contribution in [1.29, 1.82) is 0 Å². The van der Waals surface area contributed by atoms with Gasteiger partial charge < -0.3 is 9.73 Å². The standard InChI is InChI=1S/C21H20BrN3O2S/c1-13(19(26)23-18-11-5-7-14-6-2-3-10-17(14)18)28-21-25-24-20(27-21)15-8-4-9-16(22)12-15/h2-4,6,8-10,12-13,18H,5,7,11H2,1H3,(H,23,26)/t13-,18-/m1/s1. The molecule has 1 aromatic heterocycles. The van der Waals surface area contributed by atoms with E-state index in [0.717, 1.165) is 29.3 Å². The van der Waals surface area contributed by atoms with Gasteiger partial charge in [0.2, 0.25) is 11.8 Å². The van der Waals surface area contributed by atoms with Gasteiger partial charge in [-0.05, 0) is 55.5 Å². The minimum absolute atomic E-state index is 0.0195. The number of fused-ring (bicyclic) bond motifs is 1. The van der Waals surface area contributed by atoms with Crippen LogP contribution in [0.1, 0.15) is 36.9 Å². The fourth-order valence-electron chi connectivity index (χ4n) is 3.39. The van der Waals surface area contributed by atoms with Gasteiger partial charge in [-0.1, -0.05) is 58.0 Å². The first-order chi connectivity index (χ1) is 13.6. The predicted octanol–water partition coefficient (Wildman–Crippen LogP) is 5.17. The van der Waals surface area contributed by atoms with E-state index in [1.165, 1.54) is 22.9 Å². The number of amides is 1. The van der Waals surface area contributed by atoms with E-state index in [1.807, 2.05) is 37.3 Å². The summed E-state index contributed by atoms with van der Waals surface area (Å²) in [7, 11) is 0. The number of hydrogen-bond donors (Lipinski definition) is 1. The second-order valence-corrected chi connectivity index (χ2v) is 9.00. The molecule has 28 heavy (non-hydrogen) atoms. The van der Waals surface area contributed by atoms with Crippen LogP contribution in [-0.2, 0) is 11.2 Å². The Kier molecular flexibility index (Phi) is 5.82. The van der Waals surface area contributed by atoms with Gasteiger partial charge in [-0.25, -0.2) is 0 Å². The Morgan fingerprint density at radius 2 is 2.11 bits per heavy atom. The van der Waals surface area contributed by atoms with Gasteiger partial charge in [0.25, 0.3) is 5.22 Å². The molecule has 2 aromatic carbocycles. The summed E-state index contributed by atoms with van der Waals surface area (Å²) >= 11 is 4.71. The molecule has 3 aromatic rings. The van der Waals surface area contributed by atoms with Crippen molar-refractivity contribution in [3.05, 3.63) is 64.1 Å². The second kappa shape index (κ2) is 8.49. The van der Waals surface area contributed by atoms with Crippen LogP contribution in [0, 0.1) is 0 Å². The van der Waals surface area contributed by atoms with Crippen molar-refractivity contribution in [3.8, 4) is 11.5 Å². The largest absolute Gasteiger partial charge is 0.411 e. The third-order valence-corrected chi connectivity index (χ3v) is 6.24. The zero-order valence-electron chi connectivity index (χ0n) is 15.4. The van der Waals surface area contributed by atoms with E-state index >= 15 is 0 Å². The zero-order chi connectivity index (χ0) is 19.5. The van der Waals surface area contributed by atoms with Crippen LogP contribution in [0.25, 0.3) is 11.5 Å². The molecule has 4 rings (SSSR count). The SMILES string of the molecule is C[C@@H](Sc1nnc(-c2cccc(Br)c2)o1)C(=O)N[C@@H]1CCCc2ccccc21. The highest BCUT2D eigenvalue weighted by Crippen LogP contribution is 2.31. The Hall–Kier alpha value is -2.12. The number of carbonyl (C=O) groups is 1.